The van der Waals surface area contributed by atoms with Gasteiger partial charge in [-0.15, -0.1) is 0 Å². The fraction of sp³-hybridized carbons (Fsp3) is 0.727. The van der Waals surface area contributed by atoms with E-state index in [0.29, 0.717) is 6.54 Å². The van der Waals surface area contributed by atoms with Gasteiger partial charge in [-0.25, -0.2) is 9.59 Å². The van der Waals surface area contributed by atoms with Crippen LogP contribution in [0.4, 0.5) is 4.79 Å². The Hall–Kier alpha value is -1.79. The van der Waals surface area contributed by atoms with E-state index in [1.165, 1.54) is 4.90 Å². The van der Waals surface area contributed by atoms with Crippen LogP contribution in [0.15, 0.2) is 0 Å². The van der Waals surface area contributed by atoms with Crippen molar-refractivity contribution < 1.29 is 19.5 Å². The molecule has 1 atom stereocenters. The standard InChI is InChI=1S/C11H21N3O4/c1-4-14(7(2)3)11(18)13-8(10(16)17)5-6-9(12)15/h7-8H,4-6H2,1-3H3,(H2,12,15)(H,13,18)(H,16,17). The van der Waals surface area contributed by atoms with Gasteiger partial charge >= 0.3 is 12.0 Å². The number of urea groups is 1. The zero-order valence-electron chi connectivity index (χ0n) is 11.0. The molecule has 1 unspecified atom stereocenters. The molecule has 0 heterocycles. The number of primary amides is 1. The first kappa shape index (κ1) is 16.2. The lowest BCUT2D eigenvalue weighted by Crippen LogP contribution is -2.50. The van der Waals surface area contributed by atoms with E-state index in [0.717, 1.165) is 0 Å². The van der Waals surface area contributed by atoms with Crippen LogP contribution < -0.4 is 11.1 Å². The van der Waals surface area contributed by atoms with E-state index >= 15 is 0 Å². The van der Waals surface area contributed by atoms with Crippen LogP contribution in [0.1, 0.15) is 33.6 Å². The van der Waals surface area contributed by atoms with Gasteiger partial charge in [0.05, 0.1) is 0 Å². The lowest BCUT2D eigenvalue weighted by atomic mass is 10.1. The molecule has 0 aliphatic heterocycles. The Bertz CT molecular complexity index is 317. The third-order valence-corrected chi connectivity index (χ3v) is 2.50. The highest BCUT2D eigenvalue weighted by molar-refractivity contribution is 5.83. The Kier molecular flexibility index (Phi) is 6.77. The predicted molar refractivity (Wildman–Crippen MR) is 65.9 cm³/mol. The molecule has 18 heavy (non-hydrogen) atoms. The van der Waals surface area contributed by atoms with Crippen molar-refractivity contribution in [2.45, 2.75) is 45.7 Å². The summed E-state index contributed by atoms with van der Waals surface area (Å²) in [6.07, 6.45) is -0.0862. The van der Waals surface area contributed by atoms with Gasteiger partial charge in [0, 0.05) is 19.0 Å². The van der Waals surface area contributed by atoms with Crippen LogP contribution in [0.3, 0.4) is 0 Å². The fourth-order valence-electron chi connectivity index (χ4n) is 1.52. The largest absolute Gasteiger partial charge is 0.480 e. The molecule has 104 valence electrons. The van der Waals surface area contributed by atoms with Crippen molar-refractivity contribution in [2.75, 3.05) is 6.54 Å². The number of aliphatic carboxylic acids is 1. The van der Waals surface area contributed by atoms with Crippen molar-refractivity contribution >= 4 is 17.9 Å². The smallest absolute Gasteiger partial charge is 0.326 e. The minimum atomic E-state index is -1.18. The van der Waals surface area contributed by atoms with Gasteiger partial charge in [-0.2, -0.15) is 0 Å². The van der Waals surface area contributed by atoms with E-state index in [9.17, 15) is 14.4 Å². The van der Waals surface area contributed by atoms with Gasteiger partial charge < -0.3 is 21.1 Å². The van der Waals surface area contributed by atoms with Gasteiger partial charge in [0.1, 0.15) is 6.04 Å². The van der Waals surface area contributed by atoms with Gasteiger partial charge in [0.15, 0.2) is 0 Å². The quantitative estimate of drug-likeness (QED) is 0.603. The maximum absolute atomic E-state index is 11.8. The van der Waals surface area contributed by atoms with Gasteiger partial charge in [0.2, 0.25) is 5.91 Å². The lowest BCUT2D eigenvalue weighted by molar-refractivity contribution is -0.139. The zero-order chi connectivity index (χ0) is 14.3. The summed E-state index contributed by atoms with van der Waals surface area (Å²) in [5.74, 6) is -1.77. The van der Waals surface area contributed by atoms with E-state index in [1.54, 1.807) is 6.92 Å². The van der Waals surface area contributed by atoms with Gasteiger partial charge in [-0.05, 0) is 27.2 Å². The fourth-order valence-corrected chi connectivity index (χ4v) is 1.52. The minimum Gasteiger partial charge on any atom is -0.480 e. The number of hydrogen-bond donors (Lipinski definition) is 3. The van der Waals surface area contributed by atoms with Gasteiger partial charge in [-0.3, -0.25) is 4.79 Å². The summed E-state index contributed by atoms with van der Waals surface area (Å²) in [5, 5.41) is 11.3. The summed E-state index contributed by atoms with van der Waals surface area (Å²) in [6.45, 7) is 5.95. The van der Waals surface area contributed by atoms with Crippen LogP contribution >= 0.6 is 0 Å². The second-order valence-electron chi connectivity index (χ2n) is 4.23. The number of hydrogen-bond acceptors (Lipinski definition) is 3. The molecule has 7 heteroatoms. The molecule has 0 saturated heterocycles. The minimum absolute atomic E-state index is 0.00788. The Labute approximate surface area is 106 Å². The third-order valence-electron chi connectivity index (χ3n) is 2.50. The maximum atomic E-state index is 11.8. The SMILES string of the molecule is CCN(C(=O)NC(CCC(N)=O)C(=O)O)C(C)C. The predicted octanol–water partition coefficient (Wildman–Crippen LogP) is 0.145. The van der Waals surface area contributed by atoms with Crippen LogP contribution in [-0.4, -0.2) is 46.5 Å². The Morgan fingerprint density at radius 2 is 1.89 bits per heavy atom. The lowest BCUT2D eigenvalue weighted by Gasteiger charge is -2.27. The van der Waals surface area contributed by atoms with Gasteiger partial charge in [-0.1, -0.05) is 0 Å². The van der Waals surface area contributed by atoms with Crippen LogP contribution in [0.2, 0.25) is 0 Å². The molecule has 0 bridgehead atoms. The van der Waals surface area contributed by atoms with Crippen LogP contribution in [0.5, 0.6) is 0 Å². The molecule has 3 amide bonds. The number of nitrogens with zero attached hydrogens (tertiary/aromatic N) is 1. The topological polar surface area (TPSA) is 113 Å². The molecule has 0 aliphatic rings. The summed E-state index contributed by atoms with van der Waals surface area (Å²) in [5.41, 5.74) is 4.95. The van der Waals surface area contributed by atoms with E-state index in [2.05, 4.69) is 5.32 Å². The second-order valence-corrected chi connectivity index (χ2v) is 4.23. The summed E-state index contributed by atoms with van der Waals surface area (Å²) in [7, 11) is 0. The van der Waals surface area contributed by atoms with Crippen molar-refractivity contribution in [1.29, 1.82) is 0 Å². The average Bonchev–Trinajstić information content (AvgIpc) is 2.23. The van der Waals surface area contributed by atoms with Crippen molar-refractivity contribution in [3.05, 3.63) is 0 Å². The van der Waals surface area contributed by atoms with Crippen LogP contribution in [0.25, 0.3) is 0 Å². The molecule has 0 aromatic rings. The number of rotatable bonds is 7. The molecule has 7 nitrogen and oxygen atoms in total. The molecule has 0 fully saturated rings. The maximum Gasteiger partial charge on any atom is 0.326 e. The number of amides is 3. The second kappa shape index (κ2) is 7.52. The number of carbonyl (C=O) groups excluding carboxylic acids is 2. The summed E-state index contributed by atoms with van der Waals surface area (Å²) in [4.78, 5) is 34.9. The zero-order valence-corrected chi connectivity index (χ0v) is 11.0. The molecule has 0 aromatic heterocycles. The summed E-state index contributed by atoms with van der Waals surface area (Å²) >= 11 is 0. The normalized spacial score (nSPS) is 12.0. The molecule has 0 rings (SSSR count). The van der Waals surface area contributed by atoms with Crippen LogP contribution in [-0.2, 0) is 9.59 Å². The van der Waals surface area contributed by atoms with Crippen molar-refractivity contribution in [3.63, 3.8) is 0 Å². The highest BCUT2D eigenvalue weighted by atomic mass is 16.4. The first-order valence-electron chi connectivity index (χ1n) is 5.87. The number of carboxylic acid groups (broad SMARTS) is 1. The van der Waals surface area contributed by atoms with Crippen LogP contribution in [0, 0.1) is 0 Å². The number of nitrogens with one attached hydrogen (secondary N) is 1. The highest BCUT2D eigenvalue weighted by Gasteiger charge is 2.23. The summed E-state index contributed by atoms with van der Waals surface area (Å²) in [6, 6.07) is -1.58. The third kappa shape index (κ3) is 5.51. The van der Waals surface area contributed by atoms with E-state index < -0.39 is 23.9 Å². The highest BCUT2D eigenvalue weighted by Crippen LogP contribution is 2.02. The molecule has 0 radical (unpaired) electrons. The van der Waals surface area contributed by atoms with Gasteiger partial charge in [0.25, 0.3) is 0 Å². The van der Waals surface area contributed by atoms with E-state index in [1.807, 2.05) is 13.8 Å². The van der Waals surface area contributed by atoms with Crippen molar-refractivity contribution in [1.82, 2.24) is 10.2 Å². The van der Waals surface area contributed by atoms with E-state index in [4.69, 9.17) is 10.8 Å². The molecule has 0 aliphatic carbocycles. The average molecular weight is 259 g/mol. The first-order chi connectivity index (χ1) is 8.29. The summed E-state index contributed by atoms with van der Waals surface area (Å²) < 4.78 is 0. The number of carboxylic acids is 1. The molecule has 0 spiro atoms. The molecule has 4 N–H and O–H groups in total. The first-order valence-corrected chi connectivity index (χ1v) is 5.87. The molecule has 0 saturated carbocycles. The number of nitrogens with two attached hydrogens (primary N) is 1. The molecular formula is C11H21N3O4. The molecule has 0 aromatic carbocycles. The Balaban J connectivity index is 4.53. The van der Waals surface area contributed by atoms with Crippen molar-refractivity contribution in [2.24, 2.45) is 5.73 Å². The Morgan fingerprint density at radius 1 is 1.33 bits per heavy atom. The molecular weight excluding hydrogens is 238 g/mol. The van der Waals surface area contributed by atoms with E-state index in [-0.39, 0.29) is 18.9 Å². The van der Waals surface area contributed by atoms with Crippen molar-refractivity contribution in [3.8, 4) is 0 Å². The monoisotopic (exact) mass is 259 g/mol. The Morgan fingerprint density at radius 3 is 2.22 bits per heavy atom. The number of carbonyl (C=O) groups is 3.